The fraction of sp³-hybridized carbons (Fsp3) is 0.333. The van der Waals surface area contributed by atoms with Gasteiger partial charge in [-0.3, -0.25) is 0 Å². The fourth-order valence-electron chi connectivity index (χ4n) is 1.87. The Hall–Kier alpha value is -1.86. The molecule has 5 nitrogen and oxygen atoms in total. The molecule has 0 radical (unpaired) electrons. The second-order valence-electron chi connectivity index (χ2n) is 4.43. The average molecular weight is 268 g/mol. The molecule has 0 aliphatic carbocycles. The molecule has 0 aliphatic heterocycles. The molecule has 1 heterocycles. The van der Waals surface area contributed by atoms with Gasteiger partial charge in [-0.05, 0) is 25.1 Å². The van der Waals surface area contributed by atoms with Gasteiger partial charge in [-0.15, -0.1) is 0 Å². The topological polar surface area (TPSA) is 77.0 Å². The van der Waals surface area contributed by atoms with Crippen molar-refractivity contribution in [1.82, 2.24) is 14.8 Å². The van der Waals surface area contributed by atoms with Crippen LogP contribution in [-0.4, -0.2) is 25.9 Å². The number of hydrogen-bond acceptors (Lipinski definition) is 4. The van der Waals surface area contributed by atoms with Crippen molar-refractivity contribution in [3.05, 3.63) is 48.1 Å². The third-order valence-electron chi connectivity index (χ3n) is 3.02. The fourth-order valence-corrected chi connectivity index (χ4v) is 1.87. The van der Waals surface area contributed by atoms with Crippen molar-refractivity contribution in [3.63, 3.8) is 0 Å². The molecular weight excluding hydrogens is 254 g/mol. The molecular formula is C12H14F2N4O. The van der Waals surface area contributed by atoms with Crippen LogP contribution in [0.3, 0.4) is 0 Å². The number of rotatable bonds is 4. The number of nitrogens with zero attached hydrogens (tertiary/aromatic N) is 3. The zero-order valence-electron chi connectivity index (χ0n) is 10.3. The van der Waals surface area contributed by atoms with Crippen LogP contribution in [0.1, 0.15) is 12.5 Å². The van der Waals surface area contributed by atoms with E-state index in [9.17, 15) is 13.9 Å². The normalized spacial score (nSPS) is 16.1. The zero-order valence-corrected chi connectivity index (χ0v) is 10.3. The SMILES string of the molecule is C[C@@H](N)[C@](O)(Cn1cncn1)c1cc(F)ccc1F. The van der Waals surface area contributed by atoms with Gasteiger partial charge >= 0.3 is 0 Å². The van der Waals surface area contributed by atoms with Crippen molar-refractivity contribution in [1.29, 1.82) is 0 Å². The van der Waals surface area contributed by atoms with Gasteiger partial charge in [0.2, 0.25) is 0 Å². The summed E-state index contributed by atoms with van der Waals surface area (Å²) in [6, 6.07) is 2.05. The van der Waals surface area contributed by atoms with Gasteiger partial charge in [0.1, 0.15) is 29.9 Å². The number of benzene rings is 1. The van der Waals surface area contributed by atoms with E-state index >= 15 is 0 Å². The minimum atomic E-state index is -1.78. The summed E-state index contributed by atoms with van der Waals surface area (Å²) in [6.45, 7) is 1.40. The highest BCUT2D eigenvalue weighted by Crippen LogP contribution is 2.29. The van der Waals surface area contributed by atoms with Crippen LogP contribution in [-0.2, 0) is 12.1 Å². The highest BCUT2D eigenvalue weighted by atomic mass is 19.1. The molecule has 2 aromatic rings. The van der Waals surface area contributed by atoms with Crippen LogP contribution >= 0.6 is 0 Å². The summed E-state index contributed by atoms with van der Waals surface area (Å²) >= 11 is 0. The van der Waals surface area contributed by atoms with E-state index in [4.69, 9.17) is 5.73 Å². The van der Waals surface area contributed by atoms with E-state index in [2.05, 4.69) is 10.1 Å². The lowest BCUT2D eigenvalue weighted by molar-refractivity contribution is -0.00876. The smallest absolute Gasteiger partial charge is 0.137 e. The minimum Gasteiger partial charge on any atom is -0.381 e. The molecule has 1 aromatic heterocycles. The molecule has 0 saturated heterocycles. The maximum atomic E-state index is 13.8. The second kappa shape index (κ2) is 5.02. The molecule has 0 saturated carbocycles. The lowest BCUT2D eigenvalue weighted by atomic mass is 9.87. The highest BCUT2D eigenvalue weighted by Gasteiger charge is 2.37. The van der Waals surface area contributed by atoms with Gasteiger partial charge in [0.15, 0.2) is 0 Å². The van der Waals surface area contributed by atoms with Gasteiger partial charge in [0.25, 0.3) is 0 Å². The molecule has 0 aliphatic rings. The maximum Gasteiger partial charge on any atom is 0.137 e. The first-order chi connectivity index (χ1) is 8.93. The Morgan fingerprint density at radius 1 is 1.47 bits per heavy atom. The van der Waals surface area contributed by atoms with Crippen LogP contribution in [0.2, 0.25) is 0 Å². The molecule has 102 valence electrons. The summed E-state index contributed by atoms with van der Waals surface area (Å²) in [4.78, 5) is 3.73. The largest absolute Gasteiger partial charge is 0.381 e. The van der Waals surface area contributed by atoms with Crippen molar-refractivity contribution in [2.24, 2.45) is 5.73 Å². The van der Waals surface area contributed by atoms with Crippen molar-refractivity contribution in [3.8, 4) is 0 Å². The third-order valence-corrected chi connectivity index (χ3v) is 3.02. The average Bonchev–Trinajstić information content (AvgIpc) is 2.84. The predicted octanol–water partition coefficient (Wildman–Crippen LogP) is 0.791. The Kier molecular flexibility index (Phi) is 3.59. The van der Waals surface area contributed by atoms with Gasteiger partial charge in [-0.25, -0.2) is 18.4 Å². The summed E-state index contributed by atoms with van der Waals surface area (Å²) in [6.07, 6.45) is 2.65. The number of aromatic nitrogens is 3. The van der Waals surface area contributed by atoms with Crippen molar-refractivity contribution in [2.45, 2.75) is 25.1 Å². The van der Waals surface area contributed by atoms with E-state index in [0.29, 0.717) is 0 Å². The van der Waals surface area contributed by atoms with Gasteiger partial charge in [0.05, 0.1) is 6.54 Å². The maximum absolute atomic E-state index is 13.8. The number of hydrogen-bond donors (Lipinski definition) is 2. The first kappa shape index (κ1) is 13.6. The predicted molar refractivity (Wildman–Crippen MR) is 63.9 cm³/mol. The minimum absolute atomic E-state index is 0.120. The lowest BCUT2D eigenvalue weighted by Crippen LogP contribution is -2.47. The van der Waals surface area contributed by atoms with Crippen LogP contribution in [0.15, 0.2) is 30.9 Å². The number of halogens is 2. The lowest BCUT2D eigenvalue weighted by Gasteiger charge is -2.32. The molecule has 0 unspecified atom stereocenters. The van der Waals surface area contributed by atoms with Crippen molar-refractivity contribution in [2.75, 3.05) is 0 Å². The van der Waals surface area contributed by atoms with Crippen LogP contribution in [0.25, 0.3) is 0 Å². The molecule has 3 N–H and O–H groups in total. The van der Waals surface area contributed by atoms with Crippen LogP contribution < -0.4 is 5.73 Å². The summed E-state index contributed by atoms with van der Waals surface area (Å²) < 4.78 is 28.4. The zero-order chi connectivity index (χ0) is 14.0. The molecule has 7 heteroatoms. The molecule has 2 atom stereocenters. The number of aliphatic hydroxyl groups is 1. The molecule has 1 aromatic carbocycles. The van der Waals surface area contributed by atoms with Gasteiger partial charge in [-0.1, -0.05) is 0 Å². The van der Waals surface area contributed by atoms with E-state index in [-0.39, 0.29) is 12.1 Å². The Morgan fingerprint density at radius 2 is 2.21 bits per heavy atom. The van der Waals surface area contributed by atoms with E-state index in [1.54, 1.807) is 0 Å². The quantitative estimate of drug-likeness (QED) is 0.859. The summed E-state index contributed by atoms with van der Waals surface area (Å²) in [7, 11) is 0. The van der Waals surface area contributed by atoms with E-state index in [1.807, 2.05) is 0 Å². The van der Waals surface area contributed by atoms with E-state index < -0.39 is 23.3 Å². The van der Waals surface area contributed by atoms with Crippen molar-refractivity contribution < 1.29 is 13.9 Å². The molecule has 0 bridgehead atoms. The third kappa shape index (κ3) is 2.61. The monoisotopic (exact) mass is 268 g/mol. The first-order valence-corrected chi connectivity index (χ1v) is 5.69. The van der Waals surface area contributed by atoms with Crippen LogP contribution in [0.5, 0.6) is 0 Å². The molecule has 0 amide bonds. The standard InChI is InChI=1S/C12H14F2N4O/c1-8(15)12(19,5-18-7-16-6-17-18)10-4-9(13)2-3-11(10)14/h2-4,6-8,19H,5,15H2,1H3/t8-,12-/m1/s1. The summed E-state index contributed by atoms with van der Waals surface area (Å²) in [5.74, 6) is -1.37. The van der Waals surface area contributed by atoms with Crippen molar-refractivity contribution >= 4 is 0 Å². The van der Waals surface area contributed by atoms with Gasteiger partial charge in [0, 0.05) is 11.6 Å². The van der Waals surface area contributed by atoms with Crippen LogP contribution in [0, 0.1) is 11.6 Å². The van der Waals surface area contributed by atoms with E-state index in [1.165, 1.54) is 24.3 Å². The van der Waals surface area contributed by atoms with E-state index in [0.717, 1.165) is 18.2 Å². The summed E-state index contributed by atoms with van der Waals surface area (Å²) in [5, 5.41) is 14.5. The van der Waals surface area contributed by atoms with Gasteiger partial charge < -0.3 is 10.8 Å². The Balaban J connectivity index is 2.46. The van der Waals surface area contributed by atoms with Gasteiger partial charge in [-0.2, -0.15) is 5.10 Å². The van der Waals surface area contributed by atoms with Crippen LogP contribution in [0.4, 0.5) is 8.78 Å². The molecule has 2 rings (SSSR count). The molecule has 0 fully saturated rings. The summed E-state index contributed by atoms with van der Waals surface area (Å²) in [5.41, 5.74) is 3.76. The molecule has 19 heavy (non-hydrogen) atoms. The second-order valence-corrected chi connectivity index (χ2v) is 4.43. The Bertz CT molecular complexity index is 559. The highest BCUT2D eigenvalue weighted by molar-refractivity contribution is 5.26. The number of nitrogens with two attached hydrogens (primary N) is 1. The first-order valence-electron chi connectivity index (χ1n) is 5.69. The Morgan fingerprint density at radius 3 is 2.79 bits per heavy atom. The molecule has 0 spiro atoms. The Labute approximate surface area is 108 Å².